The van der Waals surface area contributed by atoms with E-state index in [-0.39, 0.29) is 24.2 Å². The Bertz CT molecular complexity index is 1180. The Balaban J connectivity index is 1.58. The SMILES string of the molecule is Cc1cn([C@H]2C[C@H](O)[C@@H](COP(=O)([O-])OP(=O)([O-])O[C@@H]3C[C@@H]([NH+](C)C)C(=O)[C@H](C)O3)O2)c(=O)[nH]c1=O. The number of hydrogen-bond donors (Lipinski definition) is 3. The number of hydrogen-bond acceptors (Lipinski definition) is 13. The van der Waals surface area contributed by atoms with Gasteiger partial charge in [-0.25, -0.2) is 9.11 Å². The van der Waals surface area contributed by atoms with E-state index in [1.807, 2.05) is 0 Å². The van der Waals surface area contributed by atoms with Crippen LogP contribution >= 0.6 is 15.6 Å². The van der Waals surface area contributed by atoms with Crippen LogP contribution in [0.3, 0.4) is 0 Å². The van der Waals surface area contributed by atoms with Crippen molar-refractivity contribution in [2.24, 2.45) is 0 Å². The smallest absolute Gasteiger partial charge is 0.330 e. The Morgan fingerprint density at radius 3 is 2.50 bits per heavy atom. The van der Waals surface area contributed by atoms with E-state index >= 15 is 0 Å². The standard InChI is InChI=1S/C18H29N3O13P2/c1-9-7-21(18(25)19-17(9)24)14-6-12(22)13(32-14)8-30-35(26,27)34-36(28,29)33-15-5-11(20(3)4)16(23)10(2)31-15/h7,10-15,22H,5-6,8H2,1-4H3,(H,26,27)(H,28,29)(H,19,24,25)/p-1/t10-,11+,12-,13+,14+,15+/m0/s1. The van der Waals surface area contributed by atoms with E-state index in [0.717, 1.165) is 4.57 Å². The summed E-state index contributed by atoms with van der Waals surface area (Å²) in [6, 6.07) is -0.637. The number of H-pyrrole nitrogens is 1. The van der Waals surface area contributed by atoms with Crippen molar-refractivity contribution in [3.63, 3.8) is 0 Å². The second-order valence-corrected chi connectivity index (χ2v) is 11.7. The monoisotopic (exact) mass is 556 g/mol. The molecule has 2 saturated heterocycles. The van der Waals surface area contributed by atoms with Gasteiger partial charge in [-0.2, -0.15) is 0 Å². The molecular formula is C18H28N3O13P2-. The molecule has 0 aliphatic carbocycles. The molecule has 3 N–H and O–H groups in total. The molecule has 3 rings (SSSR count). The average Bonchev–Trinajstić information content (AvgIpc) is 3.10. The number of likely N-dealkylation sites (N-methyl/N-ethyl adjacent to an activating group) is 1. The van der Waals surface area contributed by atoms with E-state index in [2.05, 4.69) is 13.8 Å². The number of ether oxygens (including phenoxy) is 2. The van der Waals surface area contributed by atoms with Gasteiger partial charge in [-0.3, -0.25) is 32.8 Å². The highest BCUT2D eigenvalue weighted by atomic mass is 31.3. The van der Waals surface area contributed by atoms with E-state index in [0.29, 0.717) is 4.90 Å². The fourth-order valence-electron chi connectivity index (χ4n) is 3.84. The summed E-state index contributed by atoms with van der Waals surface area (Å²) in [5.74, 6) is -0.262. The maximum atomic E-state index is 12.2. The molecule has 0 aromatic carbocycles. The number of nitrogens with zero attached hydrogens (tertiary/aromatic N) is 1. The van der Waals surface area contributed by atoms with Crippen molar-refractivity contribution in [3.8, 4) is 0 Å². The maximum Gasteiger partial charge on any atom is 0.330 e. The highest BCUT2D eigenvalue weighted by Crippen LogP contribution is 2.56. The minimum Gasteiger partial charge on any atom is -0.756 e. The van der Waals surface area contributed by atoms with Crippen molar-refractivity contribution in [3.05, 3.63) is 32.6 Å². The van der Waals surface area contributed by atoms with Gasteiger partial charge in [0, 0.05) is 18.2 Å². The first kappa shape index (κ1) is 29.0. The molecule has 204 valence electrons. The molecule has 2 aliphatic rings. The number of carbonyl (C=O) groups is 1. The van der Waals surface area contributed by atoms with Gasteiger partial charge in [-0.05, 0) is 13.8 Å². The lowest BCUT2D eigenvalue weighted by atomic mass is 10.0. The lowest BCUT2D eigenvalue weighted by molar-refractivity contribution is -0.877. The Hall–Kier alpha value is -1.55. The zero-order valence-corrected chi connectivity index (χ0v) is 21.6. The molecule has 16 nitrogen and oxygen atoms in total. The number of phosphoric ester groups is 2. The number of carbonyl (C=O) groups excluding carboxylic acids is 1. The van der Waals surface area contributed by atoms with Crippen molar-refractivity contribution in [2.45, 2.75) is 63.6 Å². The normalized spacial score (nSPS) is 32.4. The summed E-state index contributed by atoms with van der Waals surface area (Å²) in [5.41, 5.74) is -1.19. The number of aromatic amines is 1. The molecule has 0 amide bonds. The molecule has 36 heavy (non-hydrogen) atoms. The summed E-state index contributed by atoms with van der Waals surface area (Å²) >= 11 is 0. The molecule has 3 heterocycles. The van der Waals surface area contributed by atoms with Gasteiger partial charge >= 0.3 is 5.69 Å². The van der Waals surface area contributed by atoms with Crippen LogP contribution in [0.25, 0.3) is 0 Å². The fourth-order valence-corrected chi connectivity index (χ4v) is 5.92. The van der Waals surface area contributed by atoms with E-state index in [4.69, 9.17) is 14.0 Å². The van der Waals surface area contributed by atoms with Gasteiger partial charge in [-0.1, -0.05) is 0 Å². The second-order valence-electron chi connectivity index (χ2n) is 8.76. The van der Waals surface area contributed by atoms with Crippen molar-refractivity contribution in [2.75, 3.05) is 20.7 Å². The van der Waals surface area contributed by atoms with Crippen LogP contribution in [0.15, 0.2) is 15.8 Å². The van der Waals surface area contributed by atoms with Gasteiger partial charge < -0.3 is 33.8 Å². The van der Waals surface area contributed by atoms with Crippen molar-refractivity contribution < 1.29 is 56.5 Å². The fraction of sp³-hybridized carbons (Fsp3) is 0.722. The zero-order valence-electron chi connectivity index (χ0n) is 19.9. The third-order valence-corrected chi connectivity index (χ3v) is 8.29. The molecule has 0 radical (unpaired) electrons. The van der Waals surface area contributed by atoms with Crippen LogP contribution < -0.4 is 25.9 Å². The topological polar surface area (TPSA) is 223 Å². The van der Waals surface area contributed by atoms with Crippen LogP contribution in [-0.4, -0.2) is 71.8 Å². The summed E-state index contributed by atoms with van der Waals surface area (Å²) in [6.45, 7) is 2.02. The zero-order chi connectivity index (χ0) is 27.0. The van der Waals surface area contributed by atoms with Gasteiger partial charge in [0.05, 0.1) is 33.2 Å². The summed E-state index contributed by atoms with van der Waals surface area (Å²) in [6.07, 6.45) is -5.12. The summed E-state index contributed by atoms with van der Waals surface area (Å²) < 4.78 is 49.3. The second kappa shape index (κ2) is 11.1. The van der Waals surface area contributed by atoms with E-state index in [1.165, 1.54) is 20.0 Å². The molecule has 2 aliphatic heterocycles. The molecule has 1 aromatic rings. The number of phosphoric acid groups is 2. The van der Waals surface area contributed by atoms with Crippen LogP contribution in [0.2, 0.25) is 0 Å². The molecular weight excluding hydrogens is 528 g/mol. The minimum absolute atomic E-state index is 0.141. The first-order valence-corrected chi connectivity index (χ1v) is 13.8. The van der Waals surface area contributed by atoms with Crippen molar-refractivity contribution in [1.82, 2.24) is 9.55 Å². The quantitative estimate of drug-likeness (QED) is 0.254. The van der Waals surface area contributed by atoms with E-state index in [1.54, 1.807) is 14.1 Å². The molecule has 8 atom stereocenters. The lowest BCUT2D eigenvalue weighted by Crippen LogP contribution is -3.12. The lowest BCUT2D eigenvalue weighted by Gasteiger charge is -2.37. The maximum absolute atomic E-state index is 12.2. The molecule has 2 fully saturated rings. The number of aliphatic hydroxyl groups excluding tert-OH is 1. The molecule has 0 spiro atoms. The van der Waals surface area contributed by atoms with Crippen molar-refractivity contribution in [1.29, 1.82) is 0 Å². The number of rotatable bonds is 9. The van der Waals surface area contributed by atoms with E-state index in [9.17, 15) is 38.4 Å². The number of aliphatic hydroxyl groups is 1. The largest absolute Gasteiger partial charge is 0.756 e. The Morgan fingerprint density at radius 2 is 1.86 bits per heavy atom. The molecule has 1 aromatic heterocycles. The Labute approximate surface area is 204 Å². The van der Waals surface area contributed by atoms with Crippen LogP contribution in [0.5, 0.6) is 0 Å². The molecule has 2 unspecified atom stereocenters. The number of ketones is 1. The highest BCUT2D eigenvalue weighted by Gasteiger charge is 2.41. The van der Waals surface area contributed by atoms with Crippen LogP contribution in [0.4, 0.5) is 0 Å². The number of Topliss-reactive ketones (excluding diaryl/α,β-unsaturated/α-hetero) is 1. The molecule has 0 bridgehead atoms. The first-order chi connectivity index (χ1) is 16.6. The summed E-state index contributed by atoms with van der Waals surface area (Å²) in [5, 5.41) is 10.2. The number of nitrogens with one attached hydrogen (secondary N) is 2. The van der Waals surface area contributed by atoms with Gasteiger partial charge in [-0.15, -0.1) is 0 Å². The molecule has 18 heteroatoms. The number of quaternary nitrogens is 1. The van der Waals surface area contributed by atoms with Crippen LogP contribution in [0, 0.1) is 6.92 Å². The van der Waals surface area contributed by atoms with Gasteiger partial charge in [0.25, 0.3) is 21.2 Å². The first-order valence-electron chi connectivity index (χ1n) is 10.9. The third kappa shape index (κ3) is 7.05. The predicted molar refractivity (Wildman–Crippen MR) is 114 cm³/mol. The van der Waals surface area contributed by atoms with Crippen LogP contribution in [-0.2, 0) is 36.8 Å². The summed E-state index contributed by atoms with van der Waals surface area (Å²) in [7, 11) is -7.67. The van der Waals surface area contributed by atoms with Gasteiger partial charge in [0.2, 0.25) is 5.78 Å². The number of aromatic nitrogens is 2. The Morgan fingerprint density at radius 1 is 1.19 bits per heavy atom. The summed E-state index contributed by atoms with van der Waals surface area (Å²) in [4.78, 5) is 62.8. The molecule has 0 saturated carbocycles. The Kier molecular flexibility index (Phi) is 8.91. The van der Waals surface area contributed by atoms with Crippen LogP contribution in [0.1, 0.15) is 31.6 Å². The number of aryl methyl sites for hydroxylation is 1. The predicted octanol–water partition coefficient (Wildman–Crippen LogP) is -3.30. The van der Waals surface area contributed by atoms with Gasteiger partial charge in [0.1, 0.15) is 18.4 Å². The minimum atomic E-state index is -5.52. The third-order valence-electron chi connectivity index (χ3n) is 5.73. The average molecular weight is 556 g/mol. The van der Waals surface area contributed by atoms with E-state index < -0.39 is 70.4 Å². The van der Waals surface area contributed by atoms with Crippen molar-refractivity contribution >= 4 is 21.4 Å². The highest BCUT2D eigenvalue weighted by molar-refractivity contribution is 7.59. The van der Waals surface area contributed by atoms with Gasteiger partial charge in [0.15, 0.2) is 12.3 Å².